The van der Waals surface area contributed by atoms with Crippen molar-refractivity contribution in [2.75, 3.05) is 13.2 Å². The SMILES string of the molecule is Clc1cccc(CBr)c1OCCOc1ccc(Br)cc1. The molecule has 0 aromatic heterocycles. The van der Waals surface area contributed by atoms with Gasteiger partial charge in [-0.3, -0.25) is 0 Å². The van der Waals surface area contributed by atoms with E-state index in [0.29, 0.717) is 29.3 Å². The van der Waals surface area contributed by atoms with E-state index < -0.39 is 0 Å². The van der Waals surface area contributed by atoms with Crippen LogP contribution in [-0.4, -0.2) is 13.2 Å². The van der Waals surface area contributed by atoms with Crippen molar-refractivity contribution < 1.29 is 9.47 Å². The Labute approximate surface area is 140 Å². The number of alkyl halides is 1. The predicted molar refractivity (Wildman–Crippen MR) is 89.2 cm³/mol. The van der Waals surface area contributed by atoms with Crippen molar-refractivity contribution in [3.8, 4) is 11.5 Å². The Morgan fingerprint density at radius 1 is 0.950 bits per heavy atom. The Bertz CT molecular complexity index is 558. The second-order valence-electron chi connectivity index (χ2n) is 4.01. The molecule has 2 aromatic carbocycles. The summed E-state index contributed by atoms with van der Waals surface area (Å²) in [5, 5.41) is 1.32. The van der Waals surface area contributed by atoms with Crippen molar-refractivity contribution >= 4 is 43.5 Å². The molecule has 106 valence electrons. The molecular weight excluding hydrogens is 407 g/mol. The number of hydrogen-bond donors (Lipinski definition) is 0. The first-order valence-corrected chi connectivity index (χ1v) is 8.34. The summed E-state index contributed by atoms with van der Waals surface area (Å²) < 4.78 is 12.3. The molecule has 0 atom stereocenters. The van der Waals surface area contributed by atoms with Crippen LogP contribution in [0.15, 0.2) is 46.9 Å². The third-order valence-corrected chi connectivity index (χ3v) is 4.03. The smallest absolute Gasteiger partial charge is 0.142 e. The summed E-state index contributed by atoms with van der Waals surface area (Å²) in [6, 6.07) is 13.4. The maximum absolute atomic E-state index is 6.13. The van der Waals surface area contributed by atoms with Crippen molar-refractivity contribution in [1.29, 1.82) is 0 Å². The number of ether oxygens (including phenoxy) is 2. The van der Waals surface area contributed by atoms with E-state index >= 15 is 0 Å². The Balaban J connectivity index is 1.86. The van der Waals surface area contributed by atoms with Crippen LogP contribution >= 0.6 is 43.5 Å². The summed E-state index contributed by atoms with van der Waals surface area (Å²) in [7, 11) is 0. The molecule has 0 N–H and O–H groups in total. The molecule has 0 saturated heterocycles. The second-order valence-corrected chi connectivity index (χ2v) is 5.90. The van der Waals surface area contributed by atoms with Gasteiger partial charge < -0.3 is 9.47 Å². The van der Waals surface area contributed by atoms with E-state index in [1.807, 2.05) is 42.5 Å². The van der Waals surface area contributed by atoms with E-state index in [-0.39, 0.29) is 0 Å². The number of hydrogen-bond acceptors (Lipinski definition) is 2. The van der Waals surface area contributed by atoms with Gasteiger partial charge in [0.15, 0.2) is 0 Å². The molecule has 0 amide bonds. The number of rotatable bonds is 6. The Hall–Kier alpha value is -0.710. The van der Waals surface area contributed by atoms with E-state index in [4.69, 9.17) is 21.1 Å². The Kier molecular flexibility index (Phi) is 6.20. The summed E-state index contributed by atoms with van der Waals surface area (Å²) in [5.41, 5.74) is 1.03. The lowest BCUT2D eigenvalue weighted by atomic mass is 10.2. The molecule has 0 fully saturated rings. The van der Waals surface area contributed by atoms with Crippen LogP contribution in [0.25, 0.3) is 0 Å². The third-order valence-electron chi connectivity index (χ3n) is 2.60. The molecule has 0 bridgehead atoms. The average molecular weight is 421 g/mol. The van der Waals surface area contributed by atoms with Gasteiger partial charge in [-0.2, -0.15) is 0 Å². The second kappa shape index (κ2) is 7.91. The maximum Gasteiger partial charge on any atom is 0.142 e. The van der Waals surface area contributed by atoms with Crippen LogP contribution in [0.3, 0.4) is 0 Å². The monoisotopic (exact) mass is 418 g/mol. The van der Waals surface area contributed by atoms with Gasteiger partial charge in [0.1, 0.15) is 24.7 Å². The summed E-state index contributed by atoms with van der Waals surface area (Å²) >= 11 is 12.9. The zero-order valence-corrected chi connectivity index (χ0v) is 14.5. The first-order valence-electron chi connectivity index (χ1n) is 6.05. The fourth-order valence-electron chi connectivity index (χ4n) is 1.65. The minimum Gasteiger partial charge on any atom is -0.490 e. The Morgan fingerprint density at radius 2 is 1.65 bits per heavy atom. The van der Waals surface area contributed by atoms with E-state index in [2.05, 4.69) is 31.9 Å². The van der Waals surface area contributed by atoms with E-state index in [0.717, 1.165) is 15.8 Å². The molecule has 0 heterocycles. The van der Waals surface area contributed by atoms with E-state index in [1.54, 1.807) is 0 Å². The molecule has 2 rings (SSSR count). The summed E-state index contributed by atoms with van der Waals surface area (Å²) in [4.78, 5) is 0. The first-order chi connectivity index (χ1) is 9.70. The van der Waals surface area contributed by atoms with Gasteiger partial charge in [0.05, 0.1) is 5.02 Å². The highest BCUT2D eigenvalue weighted by Gasteiger charge is 2.07. The fraction of sp³-hybridized carbons (Fsp3) is 0.200. The van der Waals surface area contributed by atoms with Gasteiger partial charge in [-0.15, -0.1) is 0 Å². The van der Waals surface area contributed by atoms with E-state index in [1.165, 1.54) is 0 Å². The lowest BCUT2D eigenvalue weighted by Crippen LogP contribution is -2.10. The van der Waals surface area contributed by atoms with Gasteiger partial charge in [0, 0.05) is 15.4 Å². The highest BCUT2D eigenvalue weighted by Crippen LogP contribution is 2.30. The number of benzene rings is 2. The number of halogens is 3. The molecule has 20 heavy (non-hydrogen) atoms. The summed E-state index contributed by atoms with van der Waals surface area (Å²) in [6.07, 6.45) is 0. The largest absolute Gasteiger partial charge is 0.490 e. The molecule has 0 aliphatic carbocycles. The fourth-order valence-corrected chi connectivity index (χ4v) is 2.61. The molecule has 0 radical (unpaired) electrons. The molecule has 0 aliphatic rings. The van der Waals surface area contributed by atoms with E-state index in [9.17, 15) is 0 Å². The third kappa shape index (κ3) is 4.40. The molecule has 5 heteroatoms. The lowest BCUT2D eigenvalue weighted by molar-refractivity contribution is 0.216. The van der Waals surface area contributed by atoms with Gasteiger partial charge in [-0.1, -0.05) is 55.6 Å². The van der Waals surface area contributed by atoms with Crippen molar-refractivity contribution in [3.05, 3.63) is 57.5 Å². The van der Waals surface area contributed by atoms with Gasteiger partial charge in [-0.25, -0.2) is 0 Å². The van der Waals surface area contributed by atoms with Gasteiger partial charge in [0.25, 0.3) is 0 Å². The topological polar surface area (TPSA) is 18.5 Å². The molecule has 2 aromatic rings. The van der Waals surface area contributed by atoms with Crippen LogP contribution in [0.4, 0.5) is 0 Å². The molecule has 0 aliphatic heterocycles. The highest BCUT2D eigenvalue weighted by atomic mass is 79.9. The summed E-state index contributed by atoms with van der Waals surface area (Å²) in [5.74, 6) is 1.53. The van der Waals surface area contributed by atoms with Crippen molar-refractivity contribution in [3.63, 3.8) is 0 Å². The minimum atomic E-state index is 0.444. The zero-order chi connectivity index (χ0) is 14.4. The normalized spacial score (nSPS) is 10.3. The zero-order valence-electron chi connectivity index (χ0n) is 10.6. The lowest BCUT2D eigenvalue weighted by Gasteiger charge is -2.12. The van der Waals surface area contributed by atoms with Crippen molar-refractivity contribution in [1.82, 2.24) is 0 Å². The predicted octanol–water partition coefficient (Wildman–Crippen LogP) is 5.46. The quantitative estimate of drug-likeness (QED) is 0.457. The summed E-state index contributed by atoms with van der Waals surface area (Å²) in [6.45, 7) is 0.911. The van der Waals surface area contributed by atoms with Crippen LogP contribution in [0.5, 0.6) is 11.5 Å². The standard InChI is InChI=1S/C15H13Br2ClO2/c16-10-11-2-1-3-14(18)15(11)20-9-8-19-13-6-4-12(17)5-7-13/h1-7H,8-10H2. The van der Waals surface area contributed by atoms with Gasteiger partial charge in [-0.05, 0) is 30.3 Å². The molecule has 0 saturated carbocycles. The van der Waals surface area contributed by atoms with Crippen LogP contribution in [0.1, 0.15) is 5.56 Å². The van der Waals surface area contributed by atoms with Crippen molar-refractivity contribution in [2.45, 2.75) is 5.33 Å². The molecule has 2 nitrogen and oxygen atoms in total. The van der Waals surface area contributed by atoms with Crippen LogP contribution in [0, 0.1) is 0 Å². The van der Waals surface area contributed by atoms with Gasteiger partial charge in [0.2, 0.25) is 0 Å². The highest BCUT2D eigenvalue weighted by molar-refractivity contribution is 9.10. The minimum absolute atomic E-state index is 0.444. The Morgan fingerprint density at radius 3 is 2.35 bits per heavy atom. The number of para-hydroxylation sites is 1. The maximum atomic E-state index is 6.13. The molecule has 0 unspecified atom stereocenters. The first kappa shape index (κ1) is 15.7. The van der Waals surface area contributed by atoms with Crippen molar-refractivity contribution in [2.24, 2.45) is 0 Å². The van der Waals surface area contributed by atoms with Crippen LogP contribution < -0.4 is 9.47 Å². The van der Waals surface area contributed by atoms with Crippen LogP contribution in [0.2, 0.25) is 5.02 Å². The average Bonchev–Trinajstić information content (AvgIpc) is 2.46. The van der Waals surface area contributed by atoms with Crippen LogP contribution in [-0.2, 0) is 5.33 Å². The molecule has 0 spiro atoms. The molecular formula is C15H13Br2ClO2. The van der Waals surface area contributed by atoms with Gasteiger partial charge >= 0.3 is 0 Å².